The van der Waals surface area contributed by atoms with Gasteiger partial charge in [0.2, 0.25) is 0 Å². The summed E-state index contributed by atoms with van der Waals surface area (Å²) in [5.74, 6) is -0.594. The predicted molar refractivity (Wildman–Crippen MR) is 70.8 cm³/mol. The molecule has 1 atom stereocenters. The summed E-state index contributed by atoms with van der Waals surface area (Å²) in [4.78, 5) is 3.86. The standard InChI is InChI=1S/C15H16F2N2/c1-10-5-13(16)4-3-11(10)7-15(18-2)12-6-14(17)9-19-8-12/h3-6,8-9,15,18H,7H2,1-2H3. The molecule has 4 heteroatoms. The number of hydrogen-bond donors (Lipinski definition) is 1. The molecule has 1 aromatic carbocycles. The Balaban J connectivity index is 2.24. The van der Waals surface area contributed by atoms with Crippen molar-refractivity contribution >= 4 is 0 Å². The second-order valence-corrected chi connectivity index (χ2v) is 4.55. The van der Waals surface area contributed by atoms with Gasteiger partial charge in [0.15, 0.2) is 0 Å². The molecule has 2 nitrogen and oxygen atoms in total. The van der Waals surface area contributed by atoms with E-state index in [0.29, 0.717) is 6.42 Å². The lowest BCUT2D eigenvalue weighted by Crippen LogP contribution is -2.19. The van der Waals surface area contributed by atoms with E-state index in [1.54, 1.807) is 12.3 Å². The highest BCUT2D eigenvalue weighted by Crippen LogP contribution is 2.20. The average molecular weight is 262 g/mol. The van der Waals surface area contributed by atoms with Gasteiger partial charge in [0.25, 0.3) is 0 Å². The molecular formula is C15H16F2N2. The molecule has 0 bridgehead atoms. The molecule has 0 saturated carbocycles. The van der Waals surface area contributed by atoms with Crippen molar-refractivity contribution in [1.82, 2.24) is 10.3 Å². The van der Waals surface area contributed by atoms with Crippen LogP contribution in [-0.4, -0.2) is 12.0 Å². The Labute approximate surface area is 111 Å². The number of pyridine rings is 1. The first-order chi connectivity index (χ1) is 9.10. The van der Waals surface area contributed by atoms with Crippen LogP contribution in [0.5, 0.6) is 0 Å². The normalized spacial score (nSPS) is 12.4. The van der Waals surface area contributed by atoms with Crippen LogP contribution in [0.1, 0.15) is 22.7 Å². The van der Waals surface area contributed by atoms with E-state index in [2.05, 4.69) is 10.3 Å². The summed E-state index contributed by atoms with van der Waals surface area (Å²) in [5.41, 5.74) is 2.71. The van der Waals surface area contributed by atoms with Gasteiger partial charge in [-0.15, -0.1) is 0 Å². The Morgan fingerprint density at radius 1 is 1.16 bits per heavy atom. The van der Waals surface area contributed by atoms with E-state index in [0.717, 1.165) is 16.7 Å². The van der Waals surface area contributed by atoms with Crippen molar-refractivity contribution in [3.8, 4) is 0 Å². The molecule has 0 spiro atoms. The number of hydrogen-bond acceptors (Lipinski definition) is 2. The topological polar surface area (TPSA) is 24.9 Å². The number of halogens is 2. The summed E-state index contributed by atoms with van der Waals surface area (Å²) < 4.78 is 26.3. The van der Waals surface area contributed by atoms with Crippen molar-refractivity contribution in [2.45, 2.75) is 19.4 Å². The zero-order valence-corrected chi connectivity index (χ0v) is 11.0. The maximum Gasteiger partial charge on any atom is 0.141 e. The van der Waals surface area contributed by atoms with Crippen molar-refractivity contribution in [3.63, 3.8) is 0 Å². The summed E-state index contributed by atoms with van der Waals surface area (Å²) in [5, 5.41) is 3.14. The minimum absolute atomic E-state index is 0.0487. The molecule has 1 aromatic heterocycles. The molecule has 2 aromatic rings. The van der Waals surface area contributed by atoms with Crippen LogP contribution in [-0.2, 0) is 6.42 Å². The fraction of sp³-hybridized carbons (Fsp3) is 0.267. The number of nitrogens with zero attached hydrogens (tertiary/aromatic N) is 1. The Hall–Kier alpha value is -1.81. The van der Waals surface area contributed by atoms with Crippen LogP contribution in [0.25, 0.3) is 0 Å². The fourth-order valence-electron chi connectivity index (χ4n) is 2.11. The highest BCUT2D eigenvalue weighted by atomic mass is 19.1. The van der Waals surface area contributed by atoms with Crippen molar-refractivity contribution < 1.29 is 8.78 Å². The van der Waals surface area contributed by atoms with Gasteiger partial charge in [-0.25, -0.2) is 8.78 Å². The number of aromatic nitrogens is 1. The van der Waals surface area contributed by atoms with Gasteiger partial charge in [0.1, 0.15) is 11.6 Å². The molecule has 1 unspecified atom stereocenters. The van der Waals surface area contributed by atoms with Crippen molar-refractivity contribution in [3.05, 3.63) is 65.0 Å². The molecule has 19 heavy (non-hydrogen) atoms. The Bertz CT molecular complexity index is 570. The van der Waals surface area contributed by atoms with Crippen LogP contribution in [0.2, 0.25) is 0 Å². The minimum atomic E-state index is -0.353. The third-order valence-electron chi connectivity index (χ3n) is 3.21. The summed E-state index contributed by atoms with van der Waals surface area (Å²) in [7, 11) is 1.81. The van der Waals surface area contributed by atoms with E-state index in [1.807, 2.05) is 14.0 Å². The molecule has 0 aliphatic heterocycles. The zero-order valence-electron chi connectivity index (χ0n) is 11.0. The van der Waals surface area contributed by atoms with Crippen LogP contribution < -0.4 is 5.32 Å². The largest absolute Gasteiger partial charge is 0.313 e. The summed E-state index contributed by atoms with van der Waals surface area (Å²) in [6.45, 7) is 1.87. The highest BCUT2D eigenvalue weighted by molar-refractivity contribution is 5.29. The first-order valence-electron chi connectivity index (χ1n) is 6.13. The summed E-state index contributed by atoms with van der Waals surface area (Å²) in [6, 6.07) is 6.13. The average Bonchev–Trinajstić information content (AvgIpc) is 2.38. The molecule has 0 saturated heterocycles. The van der Waals surface area contributed by atoms with Crippen molar-refractivity contribution in [2.75, 3.05) is 7.05 Å². The first kappa shape index (κ1) is 13.6. The van der Waals surface area contributed by atoms with Crippen molar-refractivity contribution in [2.24, 2.45) is 0 Å². The van der Waals surface area contributed by atoms with E-state index in [4.69, 9.17) is 0 Å². The third kappa shape index (κ3) is 3.35. The van der Waals surface area contributed by atoms with Gasteiger partial charge in [-0.1, -0.05) is 6.07 Å². The van der Waals surface area contributed by atoms with Gasteiger partial charge >= 0.3 is 0 Å². The number of aryl methyl sites for hydroxylation is 1. The van der Waals surface area contributed by atoms with Crippen LogP contribution in [0.3, 0.4) is 0 Å². The third-order valence-corrected chi connectivity index (χ3v) is 3.21. The fourth-order valence-corrected chi connectivity index (χ4v) is 2.11. The Kier molecular flexibility index (Phi) is 4.22. The predicted octanol–water partition coefficient (Wildman–Crippen LogP) is 3.17. The molecule has 0 amide bonds. The lowest BCUT2D eigenvalue weighted by molar-refractivity contribution is 0.569. The van der Waals surface area contributed by atoms with Gasteiger partial charge in [-0.2, -0.15) is 0 Å². The van der Waals surface area contributed by atoms with Crippen molar-refractivity contribution in [1.29, 1.82) is 0 Å². The molecule has 0 radical (unpaired) electrons. The Morgan fingerprint density at radius 3 is 2.58 bits per heavy atom. The number of rotatable bonds is 4. The highest BCUT2D eigenvalue weighted by Gasteiger charge is 2.13. The lowest BCUT2D eigenvalue weighted by Gasteiger charge is -2.17. The van der Waals surface area contributed by atoms with Gasteiger partial charge in [-0.05, 0) is 55.3 Å². The van der Waals surface area contributed by atoms with Crippen LogP contribution in [0, 0.1) is 18.6 Å². The van der Waals surface area contributed by atoms with E-state index in [9.17, 15) is 8.78 Å². The molecular weight excluding hydrogens is 246 g/mol. The molecule has 0 fully saturated rings. The van der Waals surface area contributed by atoms with Crippen LogP contribution in [0.15, 0.2) is 36.7 Å². The molecule has 0 aliphatic carbocycles. The van der Waals surface area contributed by atoms with Gasteiger partial charge in [0.05, 0.1) is 6.20 Å². The van der Waals surface area contributed by atoms with Gasteiger partial charge < -0.3 is 5.32 Å². The van der Waals surface area contributed by atoms with Crippen LogP contribution in [0.4, 0.5) is 8.78 Å². The molecule has 100 valence electrons. The zero-order chi connectivity index (χ0) is 13.8. The summed E-state index contributed by atoms with van der Waals surface area (Å²) >= 11 is 0. The SMILES string of the molecule is CNC(Cc1ccc(F)cc1C)c1cncc(F)c1. The minimum Gasteiger partial charge on any atom is -0.313 e. The molecule has 0 aliphatic rings. The number of benzene rings is 1. The molecule has 1 N–H and O–H groups in total. The van der Waals surface area contributed by atoms with Crippen LogP contribution >= 0.6 is 0 Å². The smallest absolute Gasteiger partial charge is 0.141 e. The maximum atomic E-state index is 13.2. The lowest BCUT2D eigenvalue weighted by atomic mass is 9.97. The molecule has 2 rings (SSSR count). The van der Waals surface area contributed by atoms with E-state index < -0.39 is 0 Å². The maximum absolute atomic E-state index is 13.2. The number of nitrogens with one attached hydrogen (secondary N) is 1. The number of likely N-dealkylation sites (N-methyl/N-ethyl adjacent to an activating group) is 1. The van der Waals surface area contributed by atoms with Gasteiger partial charge in [-0.3, -0.25) is 4.98 Å². The Morgan fingerprint density at radius 2 is 1.95 bits per heavy atom. The summed E-state index contributed by atoms with van der Waals surface area (Å²) in [6.07, 6.45) is 3.48. The first-order valence-corrected chi connectivity index (χ1v) is 6.13. The monoisotopic (exact) mass is 262 g/mol. The quantitative estimate of drug-likeness (QED) is 0.915. The van der Waals surface area contributed by atoms with E-state index >= 15 is 0 Å². The second-order valence-electron chi connectivity index (χ2n) is 4.55. The van der Waals surface area contributed by atoms with Gasteiger partial charge in [0, 0.05) is 12.2 Å². The second kappa shape index (κ2) is 5.89. The molecule has 1 heterocycles. The van der Waals surface area contributed by atoms with E-state index in [1.165, 1.54) is 24.4 Å². The van der Waals surface area contributed by atoms with E-state index in [-0.39, 0.29) is 17.7 Å².